The van der Waals surface area contributed by atoms with Gasteiger partial charge in [0.25, 0.3) is 5.91 Å². The van der Waals surface area contributed by atoms with Crippen molar-refractivity contribution in [2.45, 2.75) is 12.3 Å². The largest absolute Gasteiger partial charge is 0.497 e. The number of carbonyl (C=O) groups is 1. The van der Waals surface area contributed by atoms with Gasteiger partial charge in [0, 0.05) is 44.7 Å². The zero-order valence-electron chi connectivity index (χ0n) is 17.6. The van der Waals surface area contributed by atoms with Gasteiger partial charge in [-0.3, -0.25) is 9.69 Å². The monoisotopic (exact) mass is 425 g/mol. The van der Waals surface area contributed by atoms with Gasteiger partial charge in [0.05, 0.1) is 12.0 Å². The Kier molecular flexibility index (Phi) is 6.20. The molecule has 0 unspecified atom stereocenters. The van der Waals surface area contributed by atoms with Crippen LogP contribution < -0.4 is 9.47 Å². The van der Waals surface area contributed by atoms with Gasteiger partial charge in [-0.25, -0.2) is 4.98 Å². The number of likely N-dealkylation sites (tertiary alicyclic amines) is 1. The van der Waals surface area contributed by atoms with Crippen LogP contribution in [0.5, 0.6) is 11.5 Å². The number of thiophene rings is 1. The first-order chi connectivity index (χ1) is 14.6. The average Bonchev–Trinajstić information content (AvgIpc) is 3.37. The summed E-state index contributed by atoms with van der Waals surface area (Å²) >= 11 is 1.51. The molecule has 1 fully saturated rings. The lowest BCUT2D eigenvalue weighted by atomic mass is 9.95. The zero-order chi connectivity index (χ0) is 21.1. The molecular formula is C23H27N3O3S. The highest BCUT2D eigenvalue weighted by Crippen LogP contribution is 2.39. The number of pyridine rings is 1. The smallest absolute Gasteiger partial charge is 0.263 e. The van der Waals surface area contributed by atoms with Crippen LogP contribution in [0.3, 0.4) is 0 Å². The second-order valence-corrected chi connectivity index (χ2v) is 8.71. The Bertz CT molecular complexity index is 1020. The van der Waals surface area contributed by atoms with Crippen molar-refractivity contribution in [3.63, 3.8) is 0 Å². The van der Waals surface area contributed by atoms with Crippen molar-refractivity contribution >= 4 is 27.5 Å². The fourth-order valence-electron chi connectivity index (χ4n) is 3.95. The SMILES string of the molecule is COc1ccc(OCCN2CC[C@@H](c3c(C(=O)N(C)C)sc4ncccc34)C2)cc1. The maximum Gasteiger partial charge on any atom is 0.263 e. The summed E-state index contributed by atoms with van der Waals surface area (Å²) in [7, 11) is 5.27. The van der Waals surface area contributed by atoms with Gasteiger partial charge in [0.1, 0.15) is 22.9 Å². The quantitative estimate of drug-likeness (QED) is 0.575. The van der Waals surface area contributed by atoms with Crippen LogP contribution in [-0.4, -0.2) is 68.1 Å². The number of benzene rings is 1. The Morgan fingerprint density at radius 1 is 1.23 bits per heavy atom. The fraction of sp³-hybridized carbons (Fsp3) is 0.391. The molecule has 0 aliphatic carbocycles. The van der Waals surface area contributed by atoms with Crippen LogP contribution >= 0.6 is 11.3 Å². The van der Waals surface area contributed by atoms with Crippen molar-refractivity contribution in [2.24, 2.45) is 0 Å². The highest BCUT2D eigenvalue weighted by atomic mass is 32.1. The van der Waals surface area contributed by atoms with E-state index >= 15 is 0 Å². The normalized spacial score (nSPS) is 16.7. The van der Waals surface area contributed by atoms with Crippen molar-refractivity contribution in [1.29, 1.82) is 0 Å². The summed E-state index contributed by atoms with van der Waals surface area (Å²) < 4.78 is 11.1. The molecule has 1 amide bonds. The number of carbonyl (C=O) groups excluding carboxylic acids is 1. The lowest BCUT2D eigenvalue weighted by molar-refractivity contribution is 0.0831. The van der Waals surface area contributed by atoms with Crippen LogP contribution in [0.1, 0.15) is 27.6 Å². The molecule has 1 atom stereocenters. The molecule has 7 heteroatoms. The van der Waals surface area contributed by atoms with Crippen molar-refractivity contribution in [3.05, 3.63) is 53.0 Å². The predicted octanol–water partition coefficient (Wildman–Crippen LogP) is 3.88. The lowest BCUT2D eigenvalue weighted by Crippen LogP contribution is -2.26. The summed E-state index contributed by atoms with van der Waals surface area (Å²) in [4.78, 5) is 23.2. The second-order valence-electron chi connectivity index (χ2n) is 7.71. The molecule has 0 spiro atoms. The molecule has 0 N–H and O–H groups in total. The van der Waals surface area contributed by atoms with E-state index < -0.39 is 0 Å². The number of amides is 1. The van der Waals surface area contributed by atoms with Crippen LogP contribution in [0.2, 0.25) is 0 Å². The van der Waals surface area contributed by atoms with Gasteiger partial charge in [-0.05, 0) is 48.9 Å². The first kappa shape index (κ1) is 20.6. The third-order valence-electron chi connectivity index (χ3n) is 5.52. The van der Waals surface area contributed by atoms with Crippen molar-refractivity contribution < 1.29 is 14.3 Å². The van der Waals surface area contributed by atoms with Gasteiger partial charge in [-0.2, -0.15) is 0 Å². The third-order valence-corrected chi connectivity index (χ3v) is 6.64. The summed E-state index contributed by atoms with van der Waals surface area (Å²) in [6.45, 7) is 3.43. The van der Waals surface area contributed by atoms with Crippen LogP contribution in [0.25, 0.3) is 10.2 Å². The van der Waals surface area contributed by atoms with Crippen LogP contribution in [0, 0.1) is 0 Å². The summed E-state index contributed by atoms with van der Waals surface area (Å²) in [5.41, 5.74) is 1.17. The molecule has 30 heavy (non-hydrogen) atoms. The zero-order valence-corrected chi connectivity index (χ0v) is 18.4. The first-order valence-corrected chi connectivity index (χ1v) is 11.0. The second kappa shape index (κ2) is 9.02. The Labute approximate surface area is 181 Å². The van der Waals surface area contributed by atoms with Crippen LogP contribution in [-0.2, 0) is 0 Å². The van der Waals surface area contributed by atoms with Gasteiger partial charge in [-0.15, -0.1) is 11.3 Å². The molecule has 3 heterocycles. The Balaban J connectivity index is 1.43. The van der Waals surface area contributed by atoms with Crippen molar-refractivity contribution in [3.8, 4) is 11.5 Å². The van der Waals surface area contributed by atoms with Gasteiger partial charge in [-0.1, -0.05) is 6.07 Å². The van der Waals surface area contributed by atoms with E-state index in [1.54, 1.807) is 32.3 Å². The number of fused-ring (bicyclic) bond motifs is 1. The van der Waals surface area contributed by atoms with Crippen LogP contribution in [0.4, 0.5) is 0 Å². The molecule has 0 saturated carbocycles. The molecule has 3 aromatic rings. The Morgan fingerprint density at radius 2 is 2.00 bits per heavy atom. The Hall–Kier alpha value is -2.64. The molecule has 1 saturated heterocycles. The molecule has 1 aromatic carbocycles. The van der Waals surface area contributed by atoms with Crippen molar-refractivity contribution in [2.75, 3.05) is 47.4 Å². The maximum atomic E-state index is 12.8. The average molecular weight is 426 g/mol. The minimum atomic E-state index is 0.0642. The number of ether oxygens (including phenoxy) is 2. The van der Waals surface area contributed by atoms with Gasteiger partial charge in [0.15, 0.2) is 0 Å². The number of hydrogen-bond acceptors (Lipinski definition) is 6. The van der Waals surface area contributed by atoms with Gasteiger partial charge < -0.3 is 14.4 Å². The fourth-order valence-corrected chi connectivity index (χ4v) is 5.21. The summed E-state index contributed by atoms with van der Waals surface area (Å²) in [5, 5.41) is 1.12. The van der Waals surface area contributed by atoms with E-state index in [-0.39, 0.29) is 5.91 Å². The van der Waals surface area contributed by atoms with E-state index in [1.165, 1.54) is 16.9 Å². The molecule has 158 valence electrons. The molecule has 4 rings (SSSR count). The molecule has 1 aliphatic heterocycles. The molecular weight excluding hydrogens is 398 g/mol. The number of aromatic nitrogens is 1. The summed E-state index contributed by atoms with van der Waals surface area (Å²) in [6, 6.07) is 11.7. The van der Waals surface area contributed by atoms with E-state index in [4.69, 9.17) is 9.47 Å². The molecule has 0 bridgehead atoms. The Morgan fingerprint density at radius 3 is 2.73 bits per heavy atom. The highest BCUT2D eigenvalue weighted by Gasteiger charge is 2.31. The van der Waals surface area contributed by atoms with Crippen molar-refractivity contribution in [1.82, 2.24) is 14.8 Å². The first-order valence-electron chi connectivity index (χ1n) is 10.1. The minimum Gasteiger partial charge on any atom is -0.497 e. The molecule has 6 nitrogen and oxygen atoms in total. The summed E-state index contributed by atoms with van der Waals surface area (Å²) in [6.07, 6.45) is 2.83. The summed E-state index contributed by atoms with van der Waals surface area (Å²) in [5.74, 6) is 2.07. The van der Waals surface area contributed by atoms with E-state index in [9.17, 15) is 4.79 Å². The maximum absolute atomic E-state index is 12.8. The minimum absolute atomic E-state index is 0.0642. The molecule has 2 aromatic heterocycles. The topological polar surface area (TPSA) is 54.9 Å². The van der Waals surface area contributed by atoms with Crippen LogP contribution in [0.15, 0.2) is 42.6 Å². The van der Waals surface area contributed by atoms with Gasteiger partial charge >= 0.3 is 0 Å². The third kappa shape index (κ3) is 4.27. The van der Waals surface area contributed by atoms with Gasteiger partial charge in [0.2, 0.25) is 0 Å². The standard InChI is InChI=1S/C23H27N3O3S/c1-25(2)23(27)21-20(19-5-4-11-24-22(19)30-21)16-10-12-26(15-16)13-14-29-18-8-6-17(28-3)7-9-18/h4-9,11,16H,10,12-15H2,1-3H3/t16-/m1/s1. The van der Waals surface area contributed by atoms with E-state index in [0.717, 1.165) is 52.6 Å². The lowest BCUT2D eigenvalue weighted by Gasteiger charge is -2.18. The highest BCUT2D eigenvalue weighted by molar-refractivity contribution is 7.20. The number of nitrogens with zero attached hydrogens (tertiary/aromatic N) is 3. The number of rotatable bonds is 7. The number of hydrogen-bond donors (Lipinski definition) is 0. The van der Waals surface area contributed by atoms with E-state index in [1.807, 2.05) is 30.3 Å². The predicted molar refractivity (Wildman–Crippen MR) is 120 cm³/mol. The van der Waals surface area contributed by atoms with E-state index in [2.05, 4.69) is 16.0 Å². The molecule has 1 aliphatic rings. The van der Waals surface area contributed by atoms with E-state index in [0.29, 0.717) is 12.5 Å². The number of methoxy groups -OCH3 is 1. The molecule has 0 radical (unpaired) electrons.